The summed E-state index contributed by atoms with van der Waals surface area (Å²) in [6.45, 7) is 1.34. The van der Waals surface area contributed by atoms with Crippen molar-refractivity contribution in [3.63, 3.8) is 0 Å². The molecule has 1 saturated carbocycles. The summed E-state index contributed by atoms with van der Waals surface area (Å²) in [6.07, 6.45) is 8.57. The average Bonchev–Trinajstić information content (AvgIpc) is 3.19. The van der Waals surface area contributed by atoms with Gasteiger partial charge in [0, 0.05) is 38.4 Å². The molecule has 1 aromatic rings. The molecule has 8 heteroatoms. The highest BCUT2D eigenvalue weighted by atomic mass is 32.2. The normalized spacial score (nSPS) is 24.1. The molecule has 1 aromatic heterocycles. The summed E-state index contributed by atoms with van der Waals surface area (Å²) < 4.78 is 31.0. The third kappa shape index (κ3) is 3.75. The molecule has 0 radical (unpaired) electrons. The fourth-order valence-corrected chi connectivity index (χ4v) is 4.23. The van der Waals surface area contributed by atoms with Gasteiger partial charge in [-0.05, 0) is 25.7 Å². The maximum absolute atomic E-state index is 12.6. The molecular weight excluding hydrogens is 290 g/mol. The van der Waals surface area contributed by atoms with Crippen LogP contribution in [0.5, 0.6) is 0 Å². The zero-order valence-electron chi connectivity index (χ0n) is 12.3. The van der Waals surface area contributed by atoms with Crippen LogP contribution in [0.15, 0.2) is 12.4 Å². The molecule has 21 heavy (non-hydrogen) atoms. The Kier molecular flexibility index (Phi) is 4.19. The van der Waals surface area contributed by atoms with Crippen LogP contribution in [0.3, 0.4) is 0 Å². The van der Waals surface area contributed by atoms with E-state index in [4.69, 9.17) is 0 Å². The molecule has 0 spiro atoms. The Morgan fingerprint density at radius 2 is 2.14 bits per heavy atom. The lowest BCUT2D eigenvalue weighted by Gasteiger charge is -2.34. The lowest BCUT2D eigenvalue weighted by Crippen LogP contribution is -2.50. The Bertz CT molecular complexity index is 581. The highest BCUT2D eigenvalue weighted by Crippen LogP contribution is 2.24. The van der Waals surface area contributed by atoms with Crippen LogP contribution < -0.4 is 10.0 Å². The van der Waals surface area contributed by atoms with Gasteiger partial charge in [-0.25, -0.2) is 0 Å². The second-order valence-electron chi connectivity index (χ2n) is 5.95. The molecular formula is C13H23N5O2S. The van der Waals surface area contributed by atoms with Crippen molar-refractivity contribution < 1.29 is 8.42 Å². The van der Waals surface area contributed by atoms with Crippen LogP contribution in [0, 0.1) is 0 Å². The quantitative estimate of drug-likeness (QED) is 0.809. The van der Waals surface area contributed by atoms with Gasteiger partial charge in [0.2, 0.25) is 0 Å². The molecule has 2 N–H and O–H groups in total. The minimum atomic E-state index is -3.51. The van der Waals surface area contributed by atoms with E-state index >= 15 is 0 Å². The van der Waals surface area contributed by atoms with Crippen molar-refractivity contribution in [2.75, 3.05) is 17.8 Å². The summed E-state index contributed by atoms with van der Waals surface area (Å²) in [7, 11) is -1.74. The van der Waals surface area contributed by atoms with Gasteiger partial charge >= 0.3 is 10.2 Å². The van der Waals surface area contributed by atoms with Crippen LogP contribution in [0.1, 0.15) is 32.1 Å². The van der Waals surface area contributed by atoms with Gasteiger partial charge in [0.25, 0.3) is 0 Å². The van der Waals surface area contributed by atoms with Crippen LogP contribution in [0.2, 0.25) is 0 Å². The fourth-order valence-electron chi connectivity index (χ4n) is 2.77. The van der Waals surface area contributed by atoms with E-state index in [2.05, 4.69) is 15.1 Å². The smallest absolute Gasteiger partial charge is 0.302 e. The molecule has 1 aliphatic carbocycles. The number of anilines is 1. The van der Waals surface area contributed by atoms with Crippen LogP contribution in [-0.4, -0.2) is 47.7 Å². The number of hydrogen-bond donors (Lipinski definition) is 2. The van der Waals surface area contributed by atoms with E-state index in [1.54, 1.807) is 22.2 Å². The van der Waals surface area contributed by atoms with Gasteiger partial charge in [-0.1, -0.05) is 6.42 Å². The van der Waals surface area contributed by atoms with E-state index in [1.165, 1.54) is 19.0 Å². The monoisotopic (exact) mass is 313 g/mol. The van der Waals surface area contributed by atoms with Crippen molar-refractivity contribution in [2.45, 2.75) is 44.2 Å². The summed E-state index contributed by atoms with van der Waals surface area (Å²) in [5, 5.41) is 7.44. The lowest BCUT2D eigenvalue weighted by molar-refractivity contribution is 0.246. The number of nitrogens with zero attached hydrogens (tertiary/aromatic N) is 3. The lowest BCUT2D eigenvalue weighted by atomic mass is 10.1. The number of rotatable bonds is 6. The van der Waals surface area contributed by atoms with Gasteiger partial charge in [0.15, 0.2) is 0 Å². The molecule has 1 atom stereocenters. The molecule has 0 aromatic carbocycles. The largest absolute Gasteiger partial charge is 0.312 e. The molecule has 118 valence electrons. The number of nitrogens with one attached hydrogen (secondary N) is 2. The number of hydrogen-bond acceptors (Lipinski definition) is 4. The van der Waals surface area contributed by atoms with E-state index < -0.39 is 10.2 Å². The summed E-state index contributed by atoms with van der Waals surface area (Å²) >= 11 is 0. The maximum Gasteiger partial charge on any atom is 0.302 e. The summed E-state index contributed by atoms with van der Waals surface area (Å²) in [4.78, 5) is 0. The summed E-state index contributed by atoms with van der Waals surface area (Å²) in [5.74, 6) is 0. The first-order valence-electron chi connectivity index (χ1n) is 7.56. The van der Waals surface area contributed by atoms with E-state index in [1.807, 2.05) is 0 Å². The summed E-state index contributed by atoms with van der Waals surface area (Å²) in [5.41, 5.74) is 0.511. The molecule has 7 nitrogen and oxygen atoms in total. The molecule has 3 rings (SSSR count). The minimum Gasteiger partial charge on any atom is -0.312 e. The van der Waals surface area contributed by atoms with Gasteiger partial charge in [0.05, 0.1) is 11.9 Å². The van der Waals surface area contributed by atoms with Crippen molar-refractivity contribution >= 4 is 15.9 Å². The van der Waals surface area contributed by atoms with Gasteiger partial charge in [-0.3, -0.25) is 9.40 Å². The van der Waals surface area contributed by atoms with Gasteiger partial charge in [-0.15, -0.1) is 0 Å². The van der Waals surface area contributed by atoms with E-state index in [0.717, 1.165) is 25.8 Å². The third-order valence-corrected chi connectivity index (χ3v) is 5.64. The van der Waals surface area contributed by atoms with E-state index in [9.17, 15) is 8.42 Å². The van der Waals surface area contributed by atoms with Gasteiger partial charge in [-0.2, -0.15) is 17.8 Å². The van der Waals surface area contributed by atoms with Crippen molar-refractivity contribution in [1.82, 2.24) is 19.4 Å². The van der Waals surface area contributed by atoms with Crippen LogP contribution in [-0.2, 0) is 17.3 Å². The Labute approximate surface area is 125 Å². The molecule has 1 unspecified atom stereocenters. The second-order valence-corrected chi connectivity index (χ2v) is 7.58. The topological polar surface area (TPSA) is 79.3 Å². The second kappa shape index (κ2) is 5.94. The van der Waals surface area contributed by atoms with Crippen LogP contribution in [0.4, 0.5) is 5.69 Å². The first-order chi connectivity index (χ1) is 10.0. The zero-order valence-corrected chi connectivity index (χ0v) is 13.1. The highest BCUT2D eigenvalue weighted by molar-refractivity contribution is 7.90. The van der Waals surface area contributed by atoms with E-state index in [-0.39, 0.29) is 6.04 Å². The standard InChI is InChI=1S/C13H23N5O2S/c1-17-10-12(8-15-17)16-21(19,20)18-7-3-2-4-13(18)9-14-11-5-6-11/h8,10-11,13-14,16H,2-7,9H2,1H3. The zero-order chi connectivity index (χ0) is 14.9. The molecule has 2 fully saturated rings. The Balaban J connectivity index is 1.67. The number of aryl methyl sites for hydroxylation is 1. The SMILES string of the molecule is Cn1cc(NS(=O)(=O)N2CCCCC2CNC2CC2)cn1. The summed E-state index contributed by atoms with van der Waals surface area (Å²) in [6, 6.07) is 0.649. The third-order valence-electron chi connectivity index (χ3n) is 4.05. The van der Waals surface area contributed by atoms with Crippen molar-refractivity contribution in [3.05, 3.63) is 12.4 Å². The predicted octanol–water partition coefficient (Wildman–Crippen LogP) is 0.683. The fraction of sp³-hybridized carbons (Fsp3) is 0.769. The first-order valence-corrected chi connectivity index (χ1v) is 9.00. The molecule has 2 heterocycles. The minimum absolute atomic E-state index is 0.0496. The molecule has 1 saturated heterocycles. The van der Waals surface area contributed by atoms with E-state index in [0.29, 0.717) is 18.3 Å². The maximum atomic E-state index is 12.6. The molecule has 0 amide bonds. The first kappa shape index (κ1) is 14.8. The Hall–Kier alpha value is -1.12. The Morgan fingerprint density at radius 3 is 2.81 bits per heavy atom. The van der Waals surface area contributed by atoms with Gasteiger partial charge in [0.1, 0.15) is 0 Å². The molecule has 0 bridgehead atoms. The van der Waals surface area contributed by atoms with Crippen LogP contribution in [0.25, 0.3) is 0 Å². The molecule has 1 aliphatic heterocycles. The number of aromatic nitrogens is 2. The number of piperidine rings is 1. The Morgan fingerprint density at radius 1 is 1.33 bits per heavy atom. The average molecular weight is 313 g/mol. The van der Waals surface area contributed by atoms with Crippen molar-refractivity contribution in [2.24, 2.45) is 7.05 Å². The van der Waals surface area contributed by atoms with Gasteiger partial charge < -0.3 is 5.32 Å². The van der Waals surface area contributed by atoms with Crippen molar-refractivity contribution in [3.8, 4) is 0 Å². The predicted molar refractivity (Wildman–Crippen MR) is 81.1 cm³/mol. The van der Waals surface area contributed by atoms with Crippen molar-refractivity contribution in [1.29, 1.82) is 0 Å². The highest BCUT2D eigenvalue weighted by Gasteiger charge is 2.33. The molecule has 2 aliphatic rings. The van der Waals surface area contributed by atoms with Crippen LogP contribution >= 0.6 is 0 Å².